The van der Waals surface area contributed by atoms with Crippen LogP contribution in [-0.4, -0.2) is 11.6 Å². The molecule has 0 aliphatic carbocycles. The summed E-state index contributed by atoms with van der Waals surface area (Å²) in [5, 5.41) is 17.8. The van der Waals surface area contributed by atoms with E-state index in [0.29, 0.717) is 0 Å². The highest BCUT2D eigenvalue weighted by molar-refractivity contribution is 6.10. The lowest BCUT2D eigenvalue weighted by atomic mass is 9.95. The third-order valence-electron chi connectivity index (χ3n) is 2.34. The Labute approximate surface area is 99.1 Å². The zero-order valence-corrected chi connectivity index (χ0v) is 9.36. The van der Waals surface area contributed by atoms with E-state index in [1.165, 1.54) is 18.2 Å². The van der Waals surface area contributed by atoms with Crippen LogP contribution in [0.4, 0.5) is 0 Å². The summed E-state index contributed by atoms with van der Waals surface area (Å²) in [7, 11) is 0. The van der Waals surface area contributed by atoms with Crippen LogP contribution in [0.25, 0.3) is 0 Å². The van der Waals surface area contributed by atoms with Gasteiger partial charge in [0.2, 0.25) is 0 Å². The van der Waals surface area contributed by atoms with Gasteiger partial charge in [0.25, 0.3) is 0 Å². The number of benzene rings is 1. The minimum Gasteiger partial charge on any atom is -0.299 e. The van der Waals surface area contributed by atoms with E-state index in [1.54, 1.807) is 6.92 Å². The van der Waals surface area contributed by atoms with Crippen LogP contribution in [0.3, 0.4) is 0 Å². The summed E-state index contributed by atoms with van der Waals surface area (Å²) in [6.07, 6.45) is 0.00617. The van der Waals surface area contributed by atoms with Gasteiger partial charge in [-0.1, -0.05) is 13.0 Å². The number of nitrogens with zero attached hydrogens (tertiary/aromatic N) is 2. The van der Waals surface area contributed by atoms with Crippen LogP contribution in [0.5, 0.6) is 0 Å². The number of Topliss-reactive ketones (excluding diaryl/α,β-unsaturated/α-hetero) is 2. The molecule has 0 aromatic heterocycles. The van der Waals surface area contributed by atoms with Crippen LogP contribution in [0.2, 0.25) is 0 Å². The second kappa shape index (κ2) is 5.58. The molecule has 0 saturated heterocycles. The molecule has 4 nitrogen and oxygen atoms in total. The molecular formula is C13H10N2O2. The molecule has 17 heavy (non-hydrogen) atoms. The maximum atomic E-state index is 11.9. The number of ketones is 2. The molecule has 0 amide bonds. The topological polar surface area (TPSA) is 81.7 Å². The van der Waals surface area contributed by atoms with E-state index in [4.69, 9.17) is 10.5 Å². The van der Waals surface area contributed by atoms with E-state index in [1.807, 2.05) is 12.1 Å². The molecule has 1 rings (SSSR count). The van der Waals surface area contributed by atoms with Crippen molar-refractivity contribution < 1.29 is 9.59 Å². The molecule has 0 atom stereocenters. The predicted octanol–water partition coefficient (Wildman–Crippen LogP) is 1.98. The van der Waals surface area contributed by atoms with Crippen molar-refractivity contribution in [3.8, 4) is 12.1 Å². The predicted molar refractivity (Wildman–Crippen MR) is 60.1 cm³/mol. The van der Waals surface area contributed by atoms with Gasteiger partial charge in [0.15, 0.2) is 5.78 Å². The number of rotatable bonds is 4. The van der Waals surface area contributed by atoms with Crippen LogP contribution in [-0.2, 0) is 4.79 Å². The number of nitriles is 2. The summed E-state index contributed by atoms with van der Waals surface area (Å²) in [6, 6.07) is 8.18. The van der Waals surface area contributed by atoms with Crippen molar-refractivity contribution in [2.75, 3.05) is 0 Å². The van der Waals surface area contributed by atoms with Gasteiger partial charge in [-0.05, 0) is 12.1 Å². The molecule has 0 aliphatic rings. The van der Waals surface area contributed by atoms with Crippen molar-refractivity contribution in [1.29, 1.82) is 10.5 Å². The van der Waals surface area contributed by atoms with E-state index in [0.717, 1.165) is 0 Å². The smallest absolute Gasteiger partial charge is 0.172 e. The number of carbonyl (C=O) groups excluding carboxylic acids is 2. The van der Waals surface area contributed by atoms with Crippen LogP contribution in [0.15, 0.2) is 18.2 Å². The number of carbonyl (C=O) groups is 2. The minimum atomic E-state index is -0.467. The first-order chi connectivity index (χ1) is 8.13. The maximum Gasteiger partial charge on any atom is 0.172 e. The van der Waals surface area contributed by atoms with E-state index >= 15 is 0 Å². The molecule has 0 N–H and O–H groups in total. The lowest BCUT2D eigenvalue weighted by Crippen LogP contribution is -2.10. The highest BCUT2D eigenvalue weighted by Gasteiger charge is 2.18. The zero-order valence-electron chi connectivity index (χ0n) is 9.36. The van der Waals surface area contributed by atoms with Crippen molar-refractivity contribution >= 4 is 11.6 Å². The Morgan fingerprint density at radius 2 is 1.71 bits per heavy atom. The Hall–Kier alpha value is -2.46. The Balaban J connectivity index is 3.21. The Kier molecular flexibility index (Phi) is 4.14. The van der Waals surface area contributed by atoms with E-state index < -0.39 is 5.78 Å². The molecule has 0 heterocycles. The molecule has 0 aliphatic heterocycles. The third-order valence-corrected chi connectivity index (χ3v) is 2.34. The van der Waals surface area contributed by atoms with Crippen molar-refractivity contribution in [2.45, 2.75) is 19.8 Å². The van der Waals surface area contributed by atoms with Crippen LogP contribution >= 0.6 is 0 Å². The molecule has 4 heteroatoms. The fourth-order valence-corrected chi connectivity index (χ4v) is 1.43. The van der Waals surface area contributed by atoms with E-state index in [2.05, 4.69) is 0 Å². The SMILES string of the molecule is CCC(=O)CC(=O)c1c(C#N)cccc1C#N. The summed E-state index contributed by atoms with van der Waals surface area (Å²) in [6.45, 7) is 1.66. The number of hydrogen-bond donors (Lipinski definition) is 0. The second-order valence-electron chi connectivity index (χ2n) is 3.44. The molecule has 1 aromatic carbocycles. The molecule has 84 valence electrons. The van der Waals surface area contributed by atoms with Crippen LogP contribution in [0.1, 0.15) is 41.3 Å². The Bertz CT molecular complexity index is 515. The molecule has 0 spiro atoms. The summed E-state index contributed by atoms with van der Waals surface area (Å²) < 4.78 is 0. The van der Waals surface area contributed by atoms with Crippen molar-refractivity contribution in [3.63, 3.8) is 0 Å². The molecule has 0 saturated carbocycles. The van der Waals surface area contributed by atoms with E-state index in [-0.39, 0.29) is 35.3 Å². The van der Waals surface area contributed by atoms with Gasteiger partial charge in [-0.3, -0.25) is 9.59 Å². The monoisotopic (exact) mass is 226 g/mol. The Morgan fingerprint density at radius 3 is 2.12 bits per heavy atom. The summed E-state index contributed by atoms with van der Waals surface area (Å²) in [4.78, 5) is 23.1. The molecule has 0 fully saturated rings. The largest absolute Gasteiger partial charge is 0.299 e. The van der Waals surface area contributed by atoms with Crippen molar-refractivity contribution in [2.24, 2.45) is 0 Å². The fraction of sp³-hybridized carbons (Fsp3) is 0.231. The standard InChI is InChI=1S/C13H10N2O2/c1-2-11(16)6-12(17)13-9(7-14)4-3-5-10(13)8-15/h3-5H,2,6H2,1H3. The second-order valence-corrected chi connectivity index (χ2v) is 3.44. The summed E-state index contributed by atoms with van der Waals surface area (Å²) in [5.41, 5.74) is 0.329. The van der Waals surface area contributed by atoms with Crippen molar-refractivity contribution in [3.05, 3.63) is 34.9 Å². The van der Waals surface area contributed by atoms with Gasteiger partial charge in [-0.15, -0.1) is 0 Å². The lowest BCUT2D eigenvalue weighted by Gasteiger charge is -2.04. The summed E-state index contributed by atoms with van der Waals surface area (Å²) >= 11 is 0. The fourth-order valence-electron chi connectivity index (χ4n) is 1.43. The van der Waals surface area contributed by atoms with Gasteiger partial charge in [0.05, 0.1) is 35.2 Å². The third kappa shape index (κ3) is 2.76. The summed E-state index contributed by atoms with van der Waals surface area (Å²) in [5.74, 6) is -0.669. The first kappa shape index (κ1) is 12.6. The molecule has 0 unspecified atom stereocenters. The average Bonchev–Trinajstić information content (AvgIpc) is 2.37. The first-order valence-electron chi connectivity index (χ1n) is 5.12. The Morgan fingerprint density at radius 1 is 1.18 bits per heavy atom. The highest BCUT2D eigenvalue weighted by Crippen LogP contribution is 2.16. The minimum absolute atomic E-state index is 0.0549. The molecule has 0 bridgehead atoms. The van der Waals surface area contributed by atoms with Gasteiger partial charge < -0.3 is 0 Å². The van der Waals surface area contributed by atoms with Gasteiger partial charge >= 0.3 is 0 Å². The molecule has 1 aromatic rings. The van der Waals surface area contributed by atoms with Crippen molar-refractivity contribution in [1.82, 2.24) is 0 Å². The van der Waals surface area contributed by atoms with Gasteiger partial charge in [0, 0.05) is 6.42 Å². The lowest BCUT2D eigenvalue weighted by molar-refractivity contribution is -0.117. The number of hydrogen-bond acceptors (Lipinski definition) is 4. The van der Waals surface area contributed by atoms with Gasteiger partial charge in [-0.25, -0.2) is 0 Å². The zero-order chi connectivity index (χ0) is 12.8. The highest BCUT2D eigenvalue weighted by atomic mass is 16.1. The van der Waals surface area contributed by atoms with Crippen LogP contribution < -0.4 is 0 Å². The molecular weight excluding hydrogens is 216 g/mol. The quantitative estimate of drug-likeness (QED) is 0.580. The van der Waals surface area contributed by atoms with Crippen LogP contribution in [0, 0.1) is 22.7 Å². The maximum absolute atomic E-state index is 11.9. The first-order valence-corrected chi connectivity index (χ1v) is 5.12. The van der Waals surface area contributed by atoms with E-state index in [9.17, 15) is 9.59 Å². The van der Waals surface area contributed by atoms with Gasteiger partial charge in [-0.2, -0.15) is 10.5 Å². The average molecular weight is 226 g/mol. The molecule has 0 radical (unpaired) electrons. The normalized spacial score (nSPS) is 9.12. The van der Waals surface area contributed by atoms with Gasteiger partial charge in [0.1, 0.15) is 5.78 Å².